The van der Waals surface area contributed by atoms with Crippen LogP contribution in [0.1, 0.15) is 43.7 Å². The highest BCUT2D eigenvalue weighted by Crippen LogP contribution is 2.69. The third-order valence-corrected chi connectivity index (χ3v) is 6.12. The second-order valence-electron chi connectivity index (χ2n) is 8.32. The number of hydrogen-bond acceptors (Lipinski definition) is 2. The lowest BCUT2D eigenvalue weighted by atomic mass is 9.97. The van der Waals surface area contributed by atoms with Crippen molar-refractivity contribution in [2.75, 3.05) is 20.6 Å². The Labute approximate surface area is 139 Å². The maximum Gasteiger partial charge on any atom is 0.169 e. The highest BCUT2D eigenvalue weighted by molar-refractivity contribution is 6.12. The summed E-state index contributed by atoms with van der Waals surface area (Å²) in [4.78, 5) is 19.0. The topological polar surface area (TPSA) is 36.1 Å². The van der Waals surface area contributed by atoms with Crippen molar-refractivity contribution in [3.63, 3.8) is 0 Å². The zero-order valence-corrected chi connectivity index (χ0v) is 15.2. The molecule has 0 unspecified atom stereocenters. The van der Waals surface area contributed by atoms with Gasteiger partial charge in [0, 0.05) is 41.0 Å². The molecule has 0 bridgehead atoms. The van der Waals surface area contributed by atoms with Crippen LogP contribution in [0, 0.1) is 16.7 Å². The summed E-state index contributed by atoms with van der Waals surface area (Å²) in [5.41, 5.74) is 3.22. The second kappa shape index (κ2) is 5.20. The Morgan fingerprint density at radius 2 is 1.74 bits per heavy atom. The van der Waals surface area contributed by atoms with E-state index in [0.29, 0.717) is 5.78 Å². The Morgan fingerprint density at radius 1 is 1.13 bits per heavy atom. The first-order chi connectivity index (χ1) is 10.7. The van der Waals surface area contributed by atoms with Gasteiger partial charge in [-0.15, -0.1) is 0 Å². The minimum Gasteiger partial charge on any atom is -0.358 e. The number of aromatic amines is 1. The molecule has 1 saturated carbocycles. The number of nitrogens with zero attached hydrogens (tertiary/aromatic N) is 1. The molecule has 0 amide bonds. The van der Waals surface area contributed by atoms with Crippen LogP contribution in [-0.4, -0.2) is 36.3 Å². The fourth-order valence-corrected chi connectivity index (χ4v) is 4.00. The molecule has 2 aromatic rings. The molecular weight excluding hydrogens is 284 g/mol. The fraction of sp³-hybridized carbons (Fsp3) is 0.550. The third-order valence-electron chi connectivity index (χ3n) is 6.12. The smallest absolute Gasteiger partial charge is 0.169 e. The minimum atomic E-state index is 0.0707. The number of H-pyrrole nitrogens is 1. The fourth-order valence-electron chi connectivity index (χ4n) is 4.00. The van der Waals surface area contributed by atoms with E-state index in [4.69, 9.17) is 0 Å². The van der Waals surface area contributed by atoms with E-state index >= 15 is 0 Å². The van der Waals surface area contributed by atoms with E-state index in [1.54, 1.807) is 0 Å². The van der Waals surface area contributed by atoms with Crippen LogP contribution in [0.5, 0.6) is 0 Å². The van der Waals surface area contributed by atoms with Crippen LogP contribution in [-0.2, 0) is 6.42 Å². The van der Waals surface area contributed by atoms with Crippen LogP contribution in [0.3, 0.4) is 0 Å². The van der Waals surface area contributed by atoms with Gasteiger partial charge < -0.3 is 9.88 Å². The lowest BCUT2D eigenvalue weighted by Gasteiger charge is -2.10. The van der Waals surface area contributed by atoms with Gasteiger partial charge in [0.1, 0.15) is 0 Å². The SMILES string of the molecule is CN(C)CCc1[nH]c2ccccc2c1C(=O)C1C(C)(C)C1(C)C. The van der Waals surface area contributed by atoms with Gasteiger partial charge in [0.05, 0.1) is 0 Å². The number of carbonyl (C=O) groups is 1. The zero-order valence-electron chi connectivity index (χ0n) is 15.2. The van der Waals surface area contributed by atoms with E-state index in [2.05, 4.69) is 63.8 Å². The van der Waals surface area contributed by atoms with Crippen molar-refractivity contribution in [3.05, 3.63) is 35.5 Å². The van der Waals surface area contributed by atoms with E-state index < -0.39 is 0 Å². The predicted molar refractivity (Wildman–Crippen MR) is 95.9 cm³/mol. The molecule has 23 heavy (non-hydrogen) atoms. The molecule has 3 heteroatoms. The lowest BCUT2D eigenvalue weighted by molar-refractivity contribution is 0.0946. The molecule has 0 radical (unpaired) electrons. The number of hydrogen-bond donors (Lipinski definition) is 1. The first-order valence-corrected chi connectivity index (χ1v) is 8.46. The number of carbonyl (C=O) groups excluding carboxylic acids is 1. The number of fused-ring (bicyclic) bond motifs is 1. The summed E-state index contributed by atoms with van der Waals surface area (Å²) in [7, 11) is 4.13. The van der Waals surface area contributed by atoms with Crippen LogP contribution in [0.25, 0.3) is 10.9 Å². The van der Waals surface area contributed by atoms with E-state index in [0.717, 1.165) is 35.1 Å². The summed E-state index contributed by atoms with van der Waals surface area (Å²) in [6.07, 6.45) is 0.871. The van der Waals surface area contributed by atoms with Gasteiger partial charge in [-0.3, -0.25) is 4.79 Å². The number of likely N-dealkylation sites (N-methyl/N-ethyl adjacent to an activating group) is 1. The summed E-state index contributed by atoms with van der Waals surface area (Å²) in [5.74, 6) is 0.415. The van der Waals surface area contributed by atoms with Gasteiger partial charge >= 0.3 is 0 Å². The number of aromatic nitrogens is 1. The largest absolute Gasteiger partial charge is 0.358 e. The molecule has 0 aliphatic heterocycles. The van der Waals surface area contributed by atoms with Gasteiger partial charge in [0.15, 0.2) is 5.78 Å². The maximum atomic E-state index is 13.3. The lowest BCUT2D eigenvalue weighted by Crippen LogP contribution is -2.17. The van der Waals surface area contributed by atoms with Crippen molar-refractivity contribution in [2.45, 2.75) is 34.1 Å². The normalized spacial score (nSPS) is 19.4. The number of para-hydroxylation sites is 1. The van der Waals surface area contributed by atoms with Crippen molar-refractivity contribution in [3.8, 4) is 0 Å². The molecule has 0 saturated heterocycles. The van der Waals surface area contributed by atoms with Gasteiger partial charge in [-0.1, -0.05) is 45.9 Å². The van der Waals surface area contributed by atoms with Crippen LogP contribution < -0.4 is 0 Å². The summed E-state index contributed by atoms with van der Waals surface area (Å²) in [6.45, 7) is 9.78. The molecule has 0 atom stereocenters. The summed E-state index contributed by atoms with van der Waals surface area (Å²) in [6, 6.07) is 8.18. The Balaban J connectivity index is 2.05. The van der Waals surface area contributed by atoms with Gasteiger partial charge in [0.2, 0.25) is 0 Å². The zero-order chi connectivity index (χ0) is 17.0. The van der Waals surface area contributed by atoms with Gasteiger partial charge in [-0.25, -0.2) is 0 Å². The molecule has 124 valence electrons. The van der Waals surface area contributed by atoms with Crippen molar-refractivity contribution in [2.24, 2.45) is 16.7 Å². The van der Waals surface area contributed by atoms with Crippen molar-refractivity contribution in [1.29, 1.82) is 0 Å². The molecule has 0 spiro atoms. The van der Waals surface area contributed by atoms with Crippen LogP contribution in [0.15, 0.2) is 24.3 Å². The first kappa shape index (κ1) is 16.3. The number of ketones is 1. The molecule has 1 aromatic heterocycles. The number of nitrogens with one attached hydrogen (secondary N) is 1. The highest BCUT2D eigenvalue weighted by Gasteiger charge is 2.68. The molecule has 1 aromatic carbocycles. The van der Waals surface area contributed by atoms with Crippen molar-refractivity contribution < 1.29 is 4.79 Å². The molecule has 1 heterocycles. The van der Waals surface area contributed by atoms with E-state index in [9.17, 15) is 4.79 Å². The first-order valence-electron chi connectivity index (χ1n) is 8.46. The number of benzene rings is 1. The molecule has 1 fully saturated rings. The summed E-state index contributed by atoms with van der Waals surface area (Å²) >= 11 is 0. The van der Waals surface area contributed by atoms with Gasteiger partial charge in [-0.05, 0) is 31.0 Å². The molecule has 1 aliphatic carbocycles. The number of Topliss-reactive ketones (excluding diaryl/α,β-unsaturated/α-hetero) is 1. The minimum absolute atomic E-state index is 0.0707. The Hall–Kier alpha value is -1.61. The average Bonchev–Trinajstić information content (AvgIpc) is 2.77. The predicted octanol–water partition coefficient (Wildman–Crippen LogP) is 4.14. The van der Waals surface area contributed by atoms with E-state index in [1.165, 1.54) is 0 Å². The Bertz CT molecular complexity index is 738. The molecule has 1 aliphatic rings. The Kier molecular flexibility index (Phi) is 3.68. The van der Waals surface area contributed by atoms with Crippen LogP contribution in [0.2, 0.25) is 0 Å². The van der Waals surface area contributed by atoms with Crippen LogP contribution >= 0.6 is 0 Å². The quantitative estimate of drug-likeness (QED) is 0.842. The highest BCUT2D eigenvalue weighted by atomic mass is 16.1. The Morgan fingerprint density at radius 3 is 2.30 bits per heavy atom. The van der Waals surface area contributed by atoms with Gasteiger partial charge in [0.25, 0.3) is 0 Å². The monoisotopic (exact) mass is 312 g/mol. The number of rotatable bonds is 5. The van der Waals surface area contributed by atoms with E-state index in [-0.39, 0.29) is 16.7 Å². The summed E-state index contributed by atoms with van der Waals surface area (Å²) < 4.78 is 0. The summed E-state index contributed by atoms with van der Waals surface area (Å²) in [5, 5.41) is 1.07. The molecule has 3 nitrogen and oxygen atoms in total. The molecular formula is C20H28N2O. The van der Waals surface area contributed by atoms with Crippen molar-refractivity contribution in [1.82, 2.24) is 9.88 Å². The second-order valence-corrected chi connectivity index (χ2v) is 8.32. The molecule has 1 N–H and O–H groups in total. The van der Waals surface area contributed by atoms with Gasteiger partial charge in [-0.2, -0.15) is 0 Å². The maximum absolute atomic E-state index is 13.3. The standard InChI is InChI=1S/C20H28N2O/c1-19(2)18(20(19,3)4)17(23)16-13-9-7-8-10-14(13)21-15(16)11-12-22(5)6/h7-10,18,21H,11-12H2,1-6H3. The average molecular weight is 312 g/mol. The van der Waals surface area contributed by atoms with Crippen molar-refractivity contribution >= 4 is 16.7 Å². The van der Waals surface area contributed by atoms with E-state index in [1.807, 2.05) is 12.1 Å². The van der Waals surface area contributed by atoms with Crippen LogP contribution in [0.4, 0.5) is 0 Å². The molecule has 3 rings (SSSR count). The third kappa shape index (κ3) is 2.42.